The van der Waals surface area contributed by atoms with E-state index < -0.39 is 0 Å². The van der Waals surface area contributed by atoms with Crippen LogP contribution in [0.25, 0.3) is 0 Å². The summed E-state index contributed by atoms with van der Waals surface area (Å²) >= 11 is 0. The number of anilines is 4. The van der Waals surface area contributed by atoms with Crippen LogP contribution in [0.2, 0.25) is 0 Å². The molecule has 2 fully saturated rings. The molecule has 0 aliphatic carbocycles. The predicted molar refractivity (Wildman–Crippen MR) is 145 cm³/mol. The van der Waals surface area contributed by atoms with Gasteiger partial charge >= 0.3 is 0 Å². The highest BCUT2D eigenvalue weighted by atomic mass is 19.1. The molecular weight excluding hydrogens is 517 g/mol. The number of aromatic nitrogens is 7. The van der Waals surface area contributed by atoms with E-state index in [-0.39, 0.29) is 11.9 Å². The van der Waals surface area contributed by atoms with Gasteiger partial charge in [-0.25, -0.2) is 24.3 Å². The monoisotopic (exact) mass is 547 g/mol. The van der Waals surface area contributed by atoms with E-state index in [9.17, 15) is 4.39 Å². The van der Waals surface area contributed by atoms with Crippen molar-refractivity contribution < 1.29 is 13.9 Å². The summed E-state index contributed by atoms with van der Waals surface area (Å²) in [5.74, 6) is 2.03. The van der Waals surface area contributed by atoms with Gasteiger partial charge in [0.2, 0.25) is 17.8 Å². The Morgan fingerprint density at radius 3 is 2.50 bits per heavy atom. The Labute approximate surface area is 230 Å². The van der Waals surface area contributed by atoms with Crippen LogP contribution in [0, 0.1) is 5.82 Å². The van der Waals surface area contributed by atoms with E-state index >= 15 is 0 Å². The largest absolute Gasteiger partial charge is 0.489 e. The highest BCUT2D eigenvalue weighted by Gasteiger charge is 2.21. The zero-order chi connectivity index (χ0) is 27.1. The second kappa shape index (κ2) is 12.2. The summed E-state index contributed by atoms with van der Waals surface area (Å²) in [5, 5.41) is 11.0. The number of hydrogen-bond acceptors (Lipinski definition) is 12. The summed E-state index contributed by atoms with van der Waals surface area (Å²) in [6.07, 6.45) is 8.79. The molecule has 6 rings (SSSR count). The summed E-state index contributed by atoms with van der Waals surface area (Å²) in [7, 11) is 0. The zero-order valence-corrected chi connectivity index (χ0v) is 21.9. The molecule has 4 aromatic rings. The molecule has 0 bridgehead atoms. The number of morpholine rings is 1. The Morgan fingerprint density at radius 2 is 1.75 bits per heavy atom. The van der Waals surface area contributed by atoms with Crippen molar-refractivity contribution in [2.45, 2.75) is 19.3 Å². The van der Waals surface area contributed by atoms with Crippen LogP contribution in [0.5, 0.6) is 5.75 Å². The van der Waals surface area contributed by atoms with Gasteiger partial charge in [-0.15, -0.1) is 0 Å². The quantitative estimate of drug-likeness (QED) is 0.316. The molecule has 3 aromatic heterocycles. The van der Waals surface area contributed by atoms with Crippen LogP contribution in [-0.2, 0) is 17.9 Å². The van der Waals surface area contributed by atoms with Gasteiger partial charge in [-0.3, -0.25) is 4.68 Å². The van der Waals surface area contributed by atoms with Crippen molar-refractivity contribution >= 4 is 23.5 Å². The van der Waals surface area contributed by atoms with Crippen molar-refractivity contribution in [1.29, 1.82) is 0 Å². The topological polar surface area (TPSA) is 131 Å². The third-order valence-electron chi connectivity index (χ3n) is 6.60. The Hall–Kier alpha value is -4.43. The van der Waals surface area contributed by atoms with Gasteiger partial charge in [0.1, 0.15) is 24.5 Å². The molecule has 13 nitrogen and oxygen atoms in total. The maximum atomic E-state index is 13.0. The molecule has 1 atom stereocenters. The number of halogens is 1. The summed E-state index contributed by atoms with van der Waals surface area (Å²) in [6.45, 7) is 6.30. The summed E-state index contributed by atoms with van der Waals surface area (Å²) in [4.78, 5) is 26.5. The lowest BCUT2D eigenvalue weighted by molar-refractivity contribution is 0.0161. The van der Waals surface area contributed by atoms with Crippen molar-refractivity contribution in [3.8, 4) is 5.75 Å². The normalized spacial score (nSPS) is 17.6. The van der Waals surface area contributed by atoms with Gasteiger partial charge < -0.3 is 29.9 Å². The van der Waals surface area contributed by atoms with Crippen molar-refractivity contribution in [2.75, 3.05) is 61.0 Å². The van der Waals surface area contributed by atoms with Crippen LogP contribution in [-0.4, -0.2) is 86.7 Å². The first-order chi connectivity index (χ1) is 19.7. The minimum absolute atomic E-state index is 0.106. The number of nitrogens with zero attached hydrogens (tertiary/aromatic N) is 9. The fraction of sp³-hybridized carbons (Fsp3) is 0.385. The minimum atomic E-state index is -0.296. The number of nitrogens with one attached hydrogen (secondary N) is 2. The van der Waals surface area contributed by atoms with Crippen LogP contribution in [0.1, 0.15) is 5.56 Å². The van der Waals surface area contributed by atoms with Gasteiger partial charge in [0.15, 0.2) is 0 Å². The molecule has 0 saturated carbocycles. The molecular formula is C26H30FN11O2. The number of rotatable bonds is 9. The molecule has 0 radical (unpaired) electrons. The van der Waals surface area contributed by atoms with Gasteiger partial charge in [0, 0.05) is 63.4 Å². The number of hydrogen-bond donors (Lipinski definition) is 2. The summed E-state index contributed by atoms with van der Waals surface area (Å²) in [5.41, 5.74) is 1.64. The zero-order valence-electron chi connectivity index (χ0n) is 21.9. The lowest BCUT2D eigenvalue weighted by Crippen LogP contribution is -2.47. The third-order valence-corrected chi connectivity index (χ3v) is 6.60. The standard InChI is InChI=1S/C26H30FN11O2/c27-20-1-3-22(4-2-20)40-17-19-11-29-25(30-12-19)36-6-8-37(9-7-36)26-32-18-31-24(35-26)34-21-13-33-38(15-21)16-23-14-28-5-10-39-23/h1-4,11-13,15,18,23,28H,5-10,14,16-17H2,(H,31,32,34,35)/t23-/m0/s1. The smallest absolute Gasteiger partial charge is 0.232 e. The first-order valence-corrected chi connectivity index (χ1v) is 13.2. The fourth-order valence-electron chi connectivity index (χ4n) is 4.49. The molecule has 208 valence electrons. The maximum absolute atomic E-state index is 13.0. The van der Waals surface area contributed by atoms with Gasteiger partial charge in [0.25, 0.3) is 0 Å². The molecule has 1 aromatic carbocycles. The van der Waals surface area contributed by atoms with Gasteiger partial charge in [0.05, 0.1) is 31.1 Å². The average molecular weight is 548 g/mol. The molecule has 2 aliphatic rings. The Kier molecular flexibility index (Phi) is 7.86. The van der Waals surface area contributed by atoms with Crippen LogP contribution < -0.4 is 25.2 Å². The highest BCUT2D eigenvalue weighted by Crippen LogP contribution is 2.18. The van der Waals surface area contributed by atoms with E-state index in [0.29, 0.717) is 43.4 Å². The van der Waals surface area contributed by atoms with Crippen molar-refractivity contribution in [1.82, 2.24) is 40.0 Å². The predicted octanol–water partition coefficient (Wildman–Crippen LogP) is 1.63. The fourth-order valence-corrected chi connectivity index (χ4v) is 4.49. The first kappa shape index (κ1) is 25.8. The molecule has 40 heavy (non-hydrogen) atoms. The molecule has 0 unspecified atom stereocenters. The molecule has 0 amide bonds. The van der Waals surface area contributed by atoms with E-state index in [4.69, 9.17) is 9.47 Å². The number of benzene rings is 1. The van der Waals surface area contributed by atoms with Crippen LogP contribution >= 0.6 is 0 Å². The molecule has 2 aliphatic heterocycles. The van der Waals surface area contributed by atoms with E-state index in [2.05, 4.69) is 50.5 Å². The van der Waals surface area contributed by atoms with Gasteiger partial charge in [-0.05, 0) is 24.3 Å². The van der Waals surface area contributed by atoms with Crippen LogP contribution in [0.4, 0.5) is 27.9 Å². The molecule has 0 spiro atoms. The van der Waals surface area contributed by atoms with Gasteiger partial charge in [-0.1, -0.05) is 0 Å². The molecule has 14 heteroatoms. The lowest BCUT2D eigenvalue weighted by Gasteiger charge is -2.34. The van der Waals surface area contributed by atoms with Crippen molar-refractivity contribution in [3.05, 3.63) is 66.8 Å². The highest BCUT2D eigenvalue weighted by molar-refractivity contribution is 5.51. The average Bonchev–Trinajstić information content (AvgIpc) is 3.44. The molecule has 2 N–H and O–H groups in total. The van der Waals surface area contributed by atoms with Crippen molar-refractivity contribution in [2.24, 2.45) is 0 Å². The minimum Gasteiger partial charge on any atom is -0.489 e. The number of ether oxygens (including phenoxy) is 2. The van der Waals surface area contributed by atoms with Gasteiger partial charge in [-0.2, -0.15) is 10.1 Å². The van der Waals surface area contributed by atoms with Crippen LogP contribution in [0.15, 0.2) is 55.4 Å². The van der Waals surface area contributed by atoms with E-state index in [1.807, 2.05) is 10.9 Å². The maximum Gasteiger partial charge on any atom is 0.232 e. The SMILES string of the molecule is Fc1ccc(OCc2cnc(N3CCN(c4ncnc(Nc5cnn(C[C@@H]6CNCCO6)c5)n4)CC3)nc2)cc1. The lowest BCUT2D eigenvalue weighted by atomic mass is 10.3. The Balaban J connectivity index is 0.992. The second-order valence-corrected chi connectivity index (χ2v) is 9.49. The van der Waals surface area contributed by atoms with Crippen molar-refractivity contribution in [3.63, 3.8) is 0 Å². The van der Waals surface area contributed by atoms with E-state index in [1.54, 1.807) is 30.7 Å². The van der Waals surface area contributed by atoms with Crippen LogP contribution in [0.3, 0.4) is 0 Å². The molecule has 5 heterocycles. The Morgan fingerprint density at radius 1 is 0.975 bits per heavy atom. The van der Waals surface area contributed by atoms with E-state index in [0.717, 1.165) is 50.5 Å². The Bertz CT molecular complexity index is 1370. The van der Waals surface area contributed by atoms with E-state index in [1.165, 1.54) is 18.5 Å². The first-order valence-electron chi connectivity index (χ1n) is 13.2. The summed E-state index contributed by atoms with van der Waals surface area (Å²) in [6, 6.07) is 5.92. The number of piperazine rings is 1. The molecule has 2 saturated heterocycles. The second-order valence-electron chi connectivity index (χ2n) is 9.49. The summed E-state index contributed by atoms with van der Waals surface area (Å²) < 4.78 is 26.3. The third kappa shape index (κ3) is 6.58.